The van der Waals surface area contributed by atoms with Gasteiger partial charge in [-0.25, -0.2) is 0 Å². The molecule has 0 aliphatic heterocycles. The Morgan fingerprint density at radius 1 is 1.44 bits per heavy atom. The van der Waals surface area contributed by atoms with Gasteiger partial charge in [0.15, 0.2) is 0 Å². The maximum atomic E-state index is 10.8. The fraction of sp³-hybridized carbons (Fsp3) is 0.923. The van der Waals surface area contributed by atoms with Gasteiger partial charge in [-0.3, -0.25) is 4.79 Å². The summed E-state index contributed by atoms with van der Waals surface area (Å²) in [6, 6.07) is 0.561. The van der Waals surface area contributed by atoms with Crippen LogP contribution in [-0.2, 0) is 4.79 Å². The maximum Gasteiger partial charge on any atom is 0.307 e. The van der Waals surface area contributed by atoms with Crippen LogP contribution in [0.2, 0.25) is 0 Å². The van der Waals surface area contributed by atoms with Gasteiger partial charge in [0.1, 0.15) is 0 Å². The van der Waals surface area contributed by atoms with Gasteiger partial charge >= 0.3 is 5.97 Å². The Bertz CT molecular complexity index is 242. The number of rotatable bonds is 4. The number of hydrogen-bond donors (Lipinski definition) is 1. The van der Waals surface area contributed by atoms with Crippen molar-refractivity contribution in [1.82, 2.24) is 4.90 Å². The molecule has 0 radical (unpaired) electrons. The maximum absolute atomic E-state index is 10.8. The summed E-state index contributed by atoms with van der Waals surface area (Å²) < 4.78 is 0. The van der Waals surface area contributed by atoms with Crippen molar-refractivity contribution in [3.8, 4) is 0 Å². The minimum Gasteiger partial charge on any atom is -0.481 e. The predicted molar refractivity (Wildman–Crippen MR) is 65.4 cm³/mol. The second kappa shape index (κ2) is 5.67. The van der Waals surface area contributed by atoms with Crippen LogP contribution >= 0.6 is 0 Å². The van der Waals surface area contributed by atoms with Crippen LogP contribution in [0, 0.1) is 17.8 Å². The first-order chi connectivity index (χ1) is 7.43. The molecule has 1 saturated carbocycles. The molecule has 1 fully saturated rings. The summed E-state index contributed by atoms with van der Waals surface area (Å²) >= 11 is 0. The Labute approximate surface area is 98.8 Å². The lowest BCUT2D eigenvalue weighted by Crippen LogP contribution is -2.44. The Hall–Kier alpha value is -0.570. The summed E-state index contributed by atoms with van der Waals surface area (Å²) in [5, 5.41) is 8.92. The van der Waals surface area contributed by atoms with Crippen LogP contribution in [0.5, 0.6) is 0 Å². The fourth-order valence-electron chi connectivity index (χ4n) is 2.82. The summed E-state index contributed by atoms with van der Waals surface area (Å²) in [5.74, 6) is 0.485. The van der Waals surface area contributed by atoms with Crippen LogP contribution in [-0.4, -0.2) is 35.6 Å². The van der Waals surface area contributed by atoms with E-state index < -0.39 is 5.97 Å². The largest absolute Gasteiger partial charge is 0.481 e. The van der Waals surface area contributed by atoms with Gasteiger partial charge < -0.3 is 10.0 Å². The average molecular weight is 227 g/mol. The topological polar surface area (TPSA) is 40.5 Å². The first-order valence-corrected chi connectivity index (χ1v) is 6.36. The summed E-state index contributed by atoms with van der Waals surface area (Å²) in [6.07, 6.45) is 3.82. The van der Waals surface area contributed by atoms with Crippen LogP contribution < -0.4 is 0 Å². The molecule has 0 saturated heterocycles. The Morgan fingerprint density at radius 3 is 2.62 bits per heavy atom. The van der Waals surface area contributed by atoms with Crippen molar-refractivity contribution >= 4 is 5.97 Å². The molecule has 0 aromatic heterocycles. The van der Waals surface area contributed by atoms with Crippen LogP contribution in [0.1, 0.15) is 40.0 Å². The van der Waals surface area contributed by atoms with Crippen LogP contribution in [0.15, 0.2) is 0 Å². The SMILES string of the molecule is CC(CN(C)C1CCCC(C)C1C)C(=O)O. The van der Waals surface area contributed by atoms with E-state index in [9.17, 15) is 4.79 Å². The Balaban J connectivity index is 2.52. The average Bonchev–Trinajstić information content (AvgIpc) is 2.21. The van der Waals surface area contributed by atoms with Gasteiger partial charge in [0.25, 0.3) is 0 Å². The number of aliphatic carboxylic acids is 1. The zero-order chi connectivity index (χ0) is 12.3. The number of carboxylic acids is 1. The monoisotopic (exact) mass is 227 g/mol. The van der Waals surface area contributed by atoms with E-state index in [1.54, 1.807) is 6.92 Å². The summed E-state index contributed by atoms with van der Waals surface area (Å²) in [7, 11) is 2.07. The molecule has 1 N–H and O–H groups in total. The fourth-order valence-corrected chi connectivity index (χ4v) is 2.82. The molecule has 3 nitrogen and oxygen atoms in total. The van der Waals surface area contributed by atoms with Gasteiger partial charge in [-0.05, 0) is 25.3 Å². The highest BCUT2D eigenvalue weighted by molar-refractivity contribution is 5.69. The number of carbonyl (C=O) groups is 1. The van der Waals surface area contributed by atoms with E-state index >= 15 is 0 Å². The van der Waals surface area contributed by atoms with Gasteiger partial charge in [0.2, 0.25) is 0 Å². The van der Waals surface area contributed by atoms with Gasteiger partial charge in [-0.2, -0.15) is 0 Å². The number of nitrogens with zero attached hydrogens (tertiary/aromatic N) is 1. The molecule has 0 heterocycles. The lowest BCUT2D eigenvalue weighted by atomic mass is 9.77. The first-order valence-electron chi connectivity index (χ1n) is 6.36. The van der Waals surface area contributed by atoms with E-state index in [2.05, 4.69) is 25.8 Å². The van der Waals surface area contributed by atoms with Crippen molar-refractivity contribution in [3.05, 3.63) is 0 Å². The van der Waals surface area contributed by atoms with E-state index in [4.69, 9.17) is 5.11 Å². The third kappa shape index (κ3) is 3.21. The molecule has 1 aliphatic rings. The standard InChI is InChI=1S/C13H25NO2/c1-9-6-5-7-12(11(9)3)14(4)8-10(2)13(15)16/h9-12H,5-8H2,1-4H3,(H,15,16). The molecule has 0 spiro atoms. The van der Waals surface area contributed by atoms with Crippen LogP contribution in [0.4, 0.5) is 0 Å². The lowest BCUT2D eigenvalue weighted by Gasteiger charge is -2.40. The van der Waals surface area contributed by atoms with Crippen molar-refractivity contribution in [2.75, 3.05) is 13.6 Å². The molecule has 4 atom stereocenters. The third-order valence-electron chi connectivity index (χ3n) is 4.21. The van der Waals surface area contributed by atoms with Crippen LogP contribution in [0.3, 0.4) is 0 Å². The highest BCUT2D eigenvalue weighted by atomic mass is 16.4. The molecule has 0 aromatic rings. The molecule has 4 unspecified atom stereocenters. The molecule has 94 valence electrons. The van der Waals surface area contributed by atoms with E-state index in [1.807, 2.05) is 0 Å². The predicted octanol–water partition coefficient (Wildman–Crippen LogP) is 2.46. The van der Waals surface area contributed by atoms with Crippen LogP contribution in [0.25, 0.3) is 0 Å². The highest BCUT2D eigenvalue weighted by Gasteiger charge is 2.30. The second-order valence-electron chi connectivity index (χ2n) is 5.51. The van der Waals surface area contributed by atoms with Gasteiger partial charge in [0, 0.05) is 12.6 Å². The van der Waals surface area contributed by atoms with Crippen molar-refractivity contribution < 1.29 is 9.90 Å². The van der Waals surface area contributed by atoms with Crippen molar-refractivity contribution in [1.29, 1.82) is 0 Å². The lowest BCUT2D eigenvalue weighted by molar-refractivity contribution is -0.142. The third-order valence-corrected chi connectivity index (χ3v) is 4.21. The zero-order valence-corrected chi connectivity index (χ0v) is 10.9. The Kier molecular flexibility index (Phi) is 4.78. The smallest absolute Gasteiger partial charge is 0.307 e. The van der Waals surface area contributed by atoms with E-state index in [-0.39, 0.29) is 5.92 Å². The molecule has 0 aromatic carbocycles. The minimum absolute atomic E-state index is 0.269. The number of carboxylic acid groups (broad SMARTS) is 1. The summed E-state index contributed by atoms with van der Waals surface area (Å²) in [6.45, 7) is 7.06. The van der Waals surface area contributed by atoms with E-state index in [1.165, 1.54) is 19.3 Å². The van der Waals surface area contributed by atoms with E-state index in [0.717, 1.165) is 5.92 Å². The molecule has 16 heavy (non-hydrogen) atoms. The second-order valence-corrected chi connectivity index (χ2v) is 5.51. The first kappa shape index (κ1) is 13.5. The minimum atomic E-state index is -0.691. The molecule has 0 bridgehead atoms. The molecule has 3 heteroatoms. The van der Waals surface area contributed by atoms with Gasteiger partial charge in [0.05, 0.1) is 5.92 Å². The van der Waals surface area contributed by atoms with Crippen molar-refractivity contribution in [2.45, 2.75) is 46.1 Å². The van der Waals surface area contributed by atoms with Crippen molar-refractivity contribution in [2.24, 2.45) is 17.8 Å². The highest BCUT2D eigenvalue weighted by Crippen LogP contribution is 2.32. The van der Waals surface area contributed by atoms with Gasteiger partial charge in [-0.15, -0.1) is 0 Å². The zero-order valence-electron chi connectivity index (χ0n) is 10.9. The molecule has 0 amide bonds. The van der Waals surface area contributed by atoms with Crippen molar-refractivity contribution in [3.63, 3.8) is 0 Å². The molecule has 1 aliphatic carbocycles. The molecule has 1 rings (SSSR count). The van der Waals surface area contributed by atoms with E-state index in [0.29, 0.717) is 18.5 Å². The Morgan fingerprint density at radius 2 is 2.06 bits per heavy atom. The van der Waals surface area contributed by atoms with Gasteiger partial charge in [-0.1, -0.05) is 33.6 Å². The number of hydrogen-bond acceptors (Lipinski definition) is 2. The summed E-state index contributed by atoms with van der Waals surface area (Å²) in [5.41, 5.74) is 0. The quantitative estimate of drug-likeness (QED) is 0.802. The summed E-state index contributed by atoms with van der Waals surface area (Å²) in [4.78, 5) is 13.1. The molecular weight excluding hydrogens is 202 g/mol. The normalized spacial score (nSPS) is 32.7. The molecular formula is C13H25NO2.